The van der Waals surface area contributed by atoms with E-state index in [1.807, 2.05) is 6.07 Å². The summed E-state index contributed by atoms with van der Waals surface area (Å²) >= 11 is 0. The molecule has 1 nitrogen and oxygen atoms in total. The third-order valence-electron chi connectivity index (χ3n) is 2.31. The first-order valence-electron chi connectivity index (χ1n) is 4.58. The first-order chi connectivity index (χ1) is 6.09. The zero-order valence-electron chi connectivity index (χ0n) is 8.37. The number of benzene rings is 1. The normalized spacial score (nSPS) is 21.0. The molecule has 2 rings (SSSR count). The van der Waals surface area contributed by atoms with Crippen molar-refractivity contribution in [2.45, 2.75) is 25.9 Å². The van der Waals surface area contributed by atoms with Crippen molar-refractivity contribution in [3.8, 4) is 5.75 Å². The fraction of sp³-hybridized carbons (Fsp3) is 0.455. The molecule has 1 unspecified atom stereocenters. The van der Waals surface area contributed by atoms with Crippen LogP contribution in [0.2, 0.25) is 0 Å². The molecule has 1 aliphatic rings. The van der Waals surface area contributed by atoms with E-state index in [-0.39, 0.29) is 7.92 Å². The van der Waals surface area contributed by atoms with Gasteiger partial charge in [-0.15, -0.1) is 0 Å². The molecule has 0 saturated carbocycles. The van der Waals surface area contributed by atoms with Gasteiger partial charge in [0.2, 0.25) is 0 Å². The molecule has 13 heavy (non-hydrogen) atoms. The minimum atomic E-state index is -0.124. The molecule has 70 valence electrons. The molecular formula is C11H15OP. The van der Waals surface area contributed by atoms with E-state index in [0.717, 1.165) is 12.1 Å². The minimum Gasteiger partial charge on any atom is -0.488 e. The molecule has 0 fully saturated rings. The van der Waals surface area contributed by atoms with Crippen LogP contribution in [0.1, 0.15) is 20.8 Å². The van der Waals surface area contributed by atoms with E-state index >= 15 is 0 Å². The minimum absolute atomic E-state index is 0.124. The highest BCUT2D eigenvalue weighted by molar-refractivity contribution is 7.67. The first-order valence-corrected chi connectivity index (χ1v) is 6.11. The molecule has 1 atom stereocenters. The summed E-state index contributed by atoms with van der Waals surface area (Å²) in [5.74, 6) is 1.10. The standard InChI is InChI=1S/C11H15OP/c1-11(2,3)13-8-12-9-6-4-5-7-10(9)13/h4-7H,8H2,1-3H3. The van der Waals surface area contributed by atoms with Crippen molar-refractivity contribution in [1.29, 1.82) is 0 Å². The van der Waals surface area contributed by atoms with Gasteiger partial charge in [-0.2, -0.15) is 0 Å². The highest BCUT2D eigenvalue weighted by Crippen LogP contribution is 2.53. The predicted octanol–water partition coefficient (Wildman–Crippen LogP) is 2.94. The maximum atomic E-state index is 5.67. The lowest BCUT2D eigenvalue weighted by molar-refractivity contribution is 0.400. The summed E-state index contributed by atoms with van der Waals surface area (Å²) < 4.78 is 5.67. The summed E-state index contributed by atoms with van der Waals surface area (Å²) in [6, 6.07) is 8.43. The summed E-state index contributed by atoms with van der Waals surface area (Å²) in [6.07, 6.45) is 0.901. The van der Waals surface area contributed by atoms with E-state index in [1.165, 1.54) is 5.30 Å². The van der Waals surface area contributed by atoms with E-state index < -0.39 is 0 Å². The van der Waals surface area contributed by atoms with E-state index in [0.29, 0.717) is 5.16 Å². The maximum Gasteiger partial charge on any atom is 0.127 e. The maximum absolute atomic E-state index is 5.67. The highest BCUT2D eigenvalue weighted by atomic mass is 31.1. The van der Waals surface area contributed by atoms with Gasteiger partial charge in [-0.1, -0.05) is 39.0 Å². The van der Waals surface area contributed by atoms with Crippen molar-refractivity contribution in [1.82, 2.24) is 0 Å². The Kier molecular flexibility index (Phi) is 2.08. The predicted molar refractivity (Wildman–Crippen MR) is 58.2 cm³/mol. The molecule has 0 amide bonds. The fourth-order valence-corrected chi connectivity index (χ4v) is 3.75. The quantitative estimate of drug-likeness (QED) is 0.577. The molecule has 1 heterocycles. The van der Waals surface area contributed by atoms with Crippen molar-refractivity contribution in [2.24, 2.45) is 0 Å². The molecule has 0 radical (unpaired) electrons. The highest BCUT2D eigenvalue weighted by Gasteiger charge is 2.32. The van der Waals surface area contributed by atoms with Crippen molar-refractivity contribution in [3.63, 3.8) is 0 Å². The second kappa shape index (κ2) is 2.99. The summed E-state index contributed by atoms with van der Waals surface area (Å²) in [5, 5.41) is 1.80. The van der Waals surface area contributed by atoms with Crippen LogP contribution in [-0.2, 0) is 0 Å². The SMILES string of the molecule is CC(C)(C)P1COc2ccccc21. The van der Waals surface area contributed by atoms with Crippen LogP contribution in [0.4, 0.5) is 0 Å². The van der Waals surface area contributed by atoms with Gasteiger partial charge in [0.15, 0.2) is 0 Å². The van der Waals surface area contributed by atoms with E-state index in [2.05, 4.69) is 39.0 Å². The summed E-state index contributed by atoms with van der Waals surface area (Å²) in [6.45, 7) is 6.89. The van der Waals surface area contributed by atoms with E-state index in [9.17, 15) is 0 Å². The zero-order valence-corrected chi connectivity index (χ0v) is 9.27. The van der Waals surface area contributed by atoms with Crippen LogP contribution < -0.4 is 10.0 Å². The molecule has 0 spiro atoms. The zero-order chi connectivity index (χ0) is 9.47. The molecule has 1 aliphatic heterocycles. The molecule has 1 aromatic rings. The van der Waals surface area contributed by atoms with Gasteiger partial charge in [0.1, 0.15) is 12.1 Å². The molecule has 0 aromatic heterocycles. The van der Waals surface area contributed by atoms with E-state index in [1.54, 1.807) is 0 Å². The van der Waals surface area contributed by atoms with Crippen LogP contribution in [0.15, 0.2) is 24.3 Å². The second-order valence-electron chi connectivity index (χ2n) is 4.34. The Hall–Kier alpha value is -0.550. The monoisotopic (exact) mass is 194 g/mol. The largest absolute Gasteiger partial charge is 0.488 e. The number of hydrogen-bond acceptors (Lipinski definition) is 1. The lowest BCUT2D eigenvalue weighted by Crippen LogP contribution is -2.17. The van der Waals surface area contributed by atoms with Gasteiger partial charge < -0.3 is 4.74 Å². The Morgan fingerprint density at radius 3 is 2.62 bits per heavy atom. The Morgan fingerprint density at radius 2 is 1.92 bits per heavy atom. The van der Waals surface area contributed by atoms with Crippen LogP contribution in [0, 0.1) is 0 Å². The number of hydrogen-bond donors (Lipinski definition) is 0. The van der Waals surface area contributed by atoms with Gasteiger partial charge in [-0.25, -0.2) is 0 Å². The van der Waals surface area contributed by atoms with Crippen LogP contribution in [0.25, 0.3) is 0 Å². The summed E-state index contributed by atoms with van der Waals surface area (Å²) in [5.41, 5.74) is 0. The molecule has 0 N–H and O–H groups in total. The third-order valence-corrected chi connectivity index (χ3v) is 5.27. The third kappa shape index (κ3) is 1.58. The van der Waals surface area contributed by atoms with Crippen LogP contribution >= 0.6 is 7.92 Å². The van der Waals surface area contributed by atoms with Crippen molar-refractivity contribution in [3.05, 3.63) is 24.3 Å². The van der Waals surface area contributed by atoms with Crippen LogP contribution in [0.3, 0.4) is 0 Å². The van der Waals surface area contributed by atoms with Crippen LogP contribution in [-0.4, -0.2) is 11.5 Å². The number of ether oxygens (including phenoxy) is 1. The Morgan fingerprint density at radius 1 is 1.23 bits per heavy atom. The number of para-hydroxylation sites is 1. The summed E-state index contributed by atoms with van der Waals surface area (Å²) in [7, 11) is -0.124. The Balaban J connectivity index is 2.39. The van der Waals surface area contributed by atoms with Gasteiger partial charge in [0, 0.05) is 5.30 Å². The van der Waals surface area contributed by atoms with E-state index in [4.69, 9.17) is 4.74 Å². The molecule has 2 heteroatoms. The fourth-order valence-electron chi connectivity index (χ4n) is 1.56. The Bertz CT molecular complexity index is 314. The van der Waals surface area contributed by atoms with Crippen LogP contribution in [0.5, 0.6) is 5.75 Å². The molecule has 0 aliphatic carbocycles. The summed E-state index contributed by atoms with van der Waals surface area (Å²) in [4.78, 5) is 0. The van der Waals surface area contributed by atoms with Gasteiger partial charge in [0.05, 0.1) is 0 Å². The Labute approximate surface area is 80.9 Å². The smallest absolute Gasteiger partial charge is 0.127 e. The first kappa shape index (κ1) is 9.02. The average Bonchev–Trinajstić information content (AvgIpc) is 2.45. The topological polar surface area (TPSA) is 9.23 Å². The van der Waals surface area contributed by atoms with Gasteiger partial charge >= 0.3 is 0 Å². The van der Waals surface area contributed by atoms with Crippen molar-refractivity contribution >= 4 is 13.2 Å². The lowest BCUT2D eigenvalue weighted by atomic mass is 10.3. The molecule has 0 bridgehead atoms. The molecule has 1 aromatic carbocycles. The van der Waals surface area contributed by atoms with Gasteiger partial charge in [-0.05, 0) is 19.1 Å². The van der Waals surface area contributed by atoms with Crippen molar-refractivity contribution < 1.29 is 4.74 Å². The number of rotatable bonds is 0. The van der Waals surface area contributed by atoms with Gasteiger partial charge in [-0.3, -0.25) is 0 Å². The second-order valence-corrected chi connectivity index (χ2v) is 7.28. The average molecular weight is 194 g/mol. The molecular weight excluding hydrogens is 179 g/mol. The lowest BCUT2D eigenvalue weighted by Gasteiger charge is -2.25. The van der Waals surface area contributed by atoms with Gasteiger partial charge in [0.25, 0.3) is 0 Å². The number of fused-ring (bicyclic) bond motifs is 1. The molecule has 0 saturated heterocycles. The van der Waals surface area contributed by atoms with Crippen molar-refractivity contribution in [2.75, 3.05) is 6.35 Å².